The number of nitrogens with zero attached hydrogens (tertiary/aromatic N) is 8. The molecule has 9 heterocycles. The third kappa shape index (κ3) is 11.3. The predicted molar refractivity (Wildman–Crippen MR) is 271 cm³/mol. The summed E-state index contributed by atoms with van der Waals surface area (Å²) in [7, 11) is 3.05. The van der Waals surface area contributed by atoms with Crippen LogP contribution in [0, 0.1) is 45.2 Å². The molecule has 0 aliphatic carbocycles. The maximum absolute atomic E-state index is 15.1. The van der Waals surface area contributed by atoms with Crippen LogP contribution in [0.25, 0.3) is 44.7 Å². The van der Waals surface area contributed by atoms with E-state index in [0.29, 0.717) is 92.5 Å². The third-order valence-electron chi connectivity index (χ3n) is 14.7. The third-order valence-corrected chi connectivity index (χ3v) is 14.7. The zero-order valence-electron chi connectivity index (χ0n) is 43.1. The second kappa shape index (κ2) is 22.7. The lowest BCUT2D eigenvalue weighted by atomic mass is 9.95. The van der Waals surface area contributed by atoms with E-state index in [1.54, 1.807) is 26.0 Å². The molecule has 388 valence electrons. The van der Waals surface area contributed by atoms with Gasteiger partial charge in [0.15, 0.2) is 23.3 Å². The van der Waals surface area contributed by atoms with E-state index in [0.717, 1.165) is 119 Å². The number of benzene rings is 2. The lowest BCUT2D eigenvalue weighted by Gasteiger charge is -2.40. The van der Waals surface area contributed by atoms with Gasteiger partial charge in [-0.1, -0.05) is 17.2 Å². The summed E-state index contributed by atoms with van der Waals surface area (Å²) in [5.41, 5.74) is 3.81. The average Bonchev–Trinajstić information content (AvgIpc) is 4.25. The lowest BCUT2D eigenvalue weighted by molar-refractivity contribution is 0.185. The normalized spacial score (nSPS) is 24.3. The Morgan fingerprint density at radius 1 is 0.556 bits per heavy atom. The van der Waals surface area contributed by atoms with Gasteiger partial charge in [-0.3, -0.25) is 0 Å². The van der Waals surface area contributed by atoms with Crippen molar-refractivity contribution in [3.8, 4) is 34.4 Å². The van der Waals surface area contributed by atoms with E-state index in [2.05, 4.69) is 61.5 Å². The van der Waals surface area contributed by atoms with E-state index in [1.165, 1.54) is 32.8 Å². The molecule has 2 aromatic carbocycles. The van der Waals surface area contributed by atoms with Crippen LogP contribution in [0.5, 0.6) is 11.5 Å². The molecule has 5 saturated heterocycles. The molecule has 19 heteroatoms. The van der Waals surface area contributed by atoms with E-state index < -0.39 is 11.6 Å². The molecule has 17 nitrogen and oxygen atoms in total. The van der Waals surface area contributed by atoms with Gasteiger partial charge in [-0.2, -0.15) is 9.97 Å². The predicted octanol–water partition coefficient (Wildman–Crippen LogP) is 8.61. The van der Waals surface area contributed by atoms with Gasteiger partial charge in [-0.05, 0) is 116 Å². The van der Waals surface area contributed by atoms with Crippen molar-refractivity contribution < 1.29 is 41.5 Å². The highest BCUT2D eigenvalue weighted by Crippen LogP contribution is 2.42. The number of halogens is 2. The highest BCUT2D eigenvalue weighted by molar-refractivity contribution is 5.95. The molecule has 0 amide bonds. The first kappa shape index (κ1) is 51.3. The molecule has 4 aromatic heterocycles. The molecule has 5 aliphatic rings. The molecule has 11 rings (SSSR count). The van der Waals surface area contributed by atoms with Crippen LogP contribution >= 0.6 is 0 Å². The molecule has 0 saturated carbocycles. The quantitative estimate of drug-likeness (QED) is 0.133. The fourth-order valence-corrected chi connectivity index (χ4v) is 10.8. The number of nitrogens with one attached hydrogen (secondary N) is 2. The molecule has 0 radical (unpaired) electrons. The first-order chi connectivity index (χ1) is 34.8. The number of fused-ring (bicyclic) bond motifs is 2. The standard InChI is InChI=1S/2C24H30FN5O3.C5H10O/c2*1-13-9-16(27-17-6-8-32-12-17)5-7-30(13)23-21(24-26-15(3)29-33-24)14(2)19-10-18(31-4)11-20(25)22(19)28-23;1-5-2-3-6-4-5/h2*10-11,13,16-17,27H,5-9,12H2,1-4H3;5H,2-4H2,1H3/t13-,16+,17+;13-,16+,17-;5-/m101/s1. The topological polar surface area (TPSA) is 180 Å². The number of hydrogen-bond acceptors (Lipinski definition) is 17. The van der Waals surface area contributed by atoms with Gasteiger partial charge in [0, 0.05) is 98.7 Å². The minimum Gasteiger partial charge on any atom is -0.497 e. The molecule has 5 fully saturated rings. The monoisotopic (exact) mass is 997 g/mol. The smallest absolute Gasteiger partial charge is 0.261 e. The summed E-state index contributed by atoms with van der Waals surface area (Å²) < 4.78 is 67.9. The van der Waals surface area contributed by atoms with Crippen molar-refractivity contribution in [1.82, 2.24) is 40.9 Å². The molecule has 6 aromatic rings. The van der Waals surface area contributed by atoms with Gasteiger partial charge < -0.3 is 53.2 Å². The van der Waals surface area contributed by atoms with Gasteiger partial charge in [-0.15, -0.1) is 0 Å². The lowest BCUT2D eigenvalue weighted by Crippen LogP contribution is -2.50. The van der Waals surface area contributed by atoms with Gasteiger partial charge in [0.05, 0.1) is 38.6 Å². The van der Waals surface area contributed by atoms with Crippen molar-refractivity contribution in [3.05, 3.63) is 58.7 Å². The average molecular weight is 997 g/mol. The van der Waals surface area contributed by atoms with E-state index in [9.17, 15) is 0 Å². The van der Waals surface area contributed by atoms with Crippen LogP contribution in [-0.4, -0.2) is 133 Å². The molecule has 5 aliphatic heterocycles. The van der Waals surface area contributed by atoms with Crippen molar-refractivity contribution in [2.45, 2.75) is 130 Å². The highest BCUT2D eigenvalue weighted by Gasteiger charge is 2.35. The molecular weight excluding hydrogens is 927 g/mol. The Bertz CT molecular complexity index is 2630. The molecule has 0 unspecified atom stereocenters. The van der Waals surface area contributed by atoms with Crippen molar-refractivity contribution in [1.29, 1.82) is 0 Å². The Balaban J connectivity index is 0.000000159. The minimum atomic E-state index is -0.410. The van der Waals surface area contributed by atoms with Crippen LogP contribution in [0.15, 0.2) is 33.3 Å². The number of hydrogen-bond donors (Lipinski definition) is 2. The van der Waals surface area contributed by atoms with Gasteiger partial charge in [-0.25, -0.2) is 18.7 Å². The summed E-state index contributed by atoms with van der Waals surface area (Å²) >= 11 is 0. The Labute approximate surface area is 420 Å². The number of rotatable bonds is 10. The van der Waals surface area contributed by atoms with Gasteiger partial charge >= 0.3 is 0 Å². The first-order valence-corrected chi connectivity index (χ1v) is 25.5. The maximum Gasteiger partial charge on any atom is 0.261 e. The van der Waals surface area contributed by atoms with E-state index in [1.807, 2.05) is 13.8 Å². The number of aryl methyl sites for hydroxylation is 4. The van der Waals surface area contributed by atoms with Crippen molar-refractivity contribution >= 4 is 33.4 Å². The van der Waals surface area contributed by atoms with Crippen molar-refractivity contribution in [2.24, 2.45) is 5.92 Å². The molecular formula is C53H70F2N10O7. The molecule has 7 atom stereocenters. The van der Waals surface area contributed by atoms with E-state index in [-0.39, 0.29) is 12.1 Å². The molecule has 72 heavy (non-hydrogen) atoms. The molecule has 2 N–H and O–H groups in total. The van der Waals surface area contributed by atoms with E-state index in [4.69, 9.17) is 42.7 Å². The summed E-state index contributed by atoms with van der Waals surface area (Å²) in [5.74, 6) is 4.14. The summed E-state index contributed by atoms with van der Waals surface area (Å²) in [4.78, 5) is 23.1. The van der Waals surface area contributed by atoms with Crippen LogP contribution < -0.4 is 29.9 Å². The van der Waals surface area contributed by atoms with Crippen LogP contribution in [0.4, 0.5) is 20.4 Å². The minimum absolute atomic E-state index is 0.201. The van der Waals surface area contributed by atoms with Gasteiger partial charge in [0.25, 0.3) is 11.8 Å². The first-order valence-electron chi connectivity index (χ1n) is 25.5. The second-order valence-electron chi connectivity index (χ2n) is 20.1. The number of methoxy groups -OCH3 is 2. The van der Waals surface area contributed by atoms with Crippen LogP contribution in [0.3, 0.4) is 0 Å². The summed E-state index contributed by atoms with van der Waals surface area (Å²) in [6.07, 6.45) is 7.23. The fraction of sp³-hybridized carbons (Fsp3) is 0.585. The van der Waals surface area contributed by atoms with Crippen molar-refractivity contribution in [3.63, 3.8) is 0 Å². The molecule has 0 spiro atoms. The SMILES string of the molecule is COc1cc(F)c2nc(N3CC[C@@H](N[C@H]4CCOC4)C[C@@H]3C)c(-c3nc(C)no3)c(C)c2c1.COc1cc(F)c2nc(N3CC[C@H](N[C@H]4CCOC4)C[C@H]3C)c(-c3nc(C)no3)c(C)c2c1.C[C@@H]1CCOC1. The number of piperidine rings is 2. The maximum atomic E-state index is 15.1. The Kier molecular flexibility index (Phi) is 16.1. The van der Waals surface area contributed by atoms with Crippen LogP contribution in [0.1, 0.15) is 88.5 Å². The van der Waals surface area contributed by atoms with Gasteiger partial charge in [0.1, 0.15) is 34.2 Å². The van der Waals surface area contributed by atoms with Crippen molar-refractivity contribution in [2.75, 3.05) is 76.8 Å². The molecule has 0 bridgehead atoms. The second-order valence-corrected chi connectivity index (χ2v) is 20.1. The fourth-order valence-electron chi connectivity index (χ4n) is 10.8. The van der Waals surface area contributed by atoms with E-state index >= 15 is 8.78 Å². The number of aromatic nitrogens is 6. The zero-order valence-corrected chi connectivity index (χ0v) is 43.1. The largest absolute Gasteiger partial charge is 0.497 e. The highest BCUT2D eigenvalue weighted by atomic mass is 19.1. The summed E-state index contributed by atoms with van der Waals surface area (Å²) in [6.45, 7) is 20.8. The Morgan fingerprint density at radius 2 is 0.986 bits per heavy atom. The summed E-state index contributed by atoms with van der Waals surface area (Å²) in [6, 6.07) is 8.45. The van der Waals surface area contributed by atoms with Gasteiger partial charge in [0.2, 0.25) is 0 Å². The summed E-state index contributed by atoms with van der Waals surface area (Å²) in [5, 5.41) is 16.8. The number of anilines is 2. The number of ether oxygens (including phenoxy) is 5. The zero-order chi connectivity index (χ0) is 50.6. The Morgan fingerprint density at radius 3 is 1.31 bits per heavy atom. The van der Waals surface area contributed by atoms with Crippen LogP contribution in [0.2, 0.25) is 0 Å². The number of pyridine rings is 2. The van der Waals surface area contributed by atoms with Crippen LogP contribution in [-0.2, 0) is 14.2 Å². The Hall–Kier alpha value is -5.60.